The summed E-state index contributed by atoms with van der Waals surface area (Å²) in [5, 5.41) is 6.53. The van der Waals surface area contributed by atoms with E-state index in [1.54, 1.807) is 36.4 Å². The molecule has 0 bridgehead atoms. The highest BCUT2D eigenvalue weighted by atomic mass is 32.1. The van der Waals surface area contributed by atoms with Gasteiger partial charge in [-0.15, -0.1) is 0 Å². The molecule has 0 aliphatic rings. The van der Waals surface area contributed by atoms with Crippen LogP contribution in [0.25, 0.3) is 0 Å². The van der Waals surface area contributed by atoms with E-state index >= 15 is 0 Å². The summed E-state index contributed by atoms with van der Waals surface area (Å²) < 4.78 is 12.8. The lowest BCUT2D eigenvalue weighted by molar-refractivity contribution is 0.101. The maximum Gasteiger partial charge on any atom is 0.171 e. The molecule has 0 saturated carbocycles. The van der Waals surface area contributed by atoms with Crippen molar-refractivity contribution in [2.45, 2.75) is 13.5 Å². The number of hydrogen-bond donors (Lipinski definition) is 2. The fourth-order valence-electron chi connectivity index (χ4n) is 1.75. The Morgan fingerprint density at radius 2 is 1.71 bits per heavy atom. The quantitative estimate of drug-likeness (QED) is 0.670. The highest BCUT2D eigenvalue weighted by Gasteiger charge is 2.01. The Labute approximate surface area is 128 Å². The van der Waals surface area contributed by atoms with Crippen molar-refractivity contribution in [1.29, 1.82) is 0 Å². The summed E-state index contributed by atoms with van der Waals surface area (Å²) in [5.41, 5.74) is 2.40. The van der Waals surface area contributed by atoms with E-state index in [1.165, 1.54) is 19.1 Å². The second-order valence-electron chi connectivity index (χ2n) is 4.57. The number of thiocarbonyl (C=S) groups is 1. The third kappa shape index (κ3) is 4.65. The van der Waals surface area contributed by atoms with Crippen molar-refractivity contribution in [3.8, 4) is 0 Å². The molecule has 0 heterocycles. The van der Waals surface area contributed by atoms with Crippen molar-refractivity contribution in [2.75, 3.05) is 5.32 Å². The minimum absolute atomic E-state index is 0.0264. The smallest absolute Gasteiger partial charge is 0.171 e. The lowest BCUT2D eigenvalue weighted by Gasteiger charge is -2.11. The van der Waals surface area contributed by atoms with Crippen LogP contribution in [0.5, 0.6) is 0 Å². The fourth-order valence-corrected chi connectivity index (χ4v) is 1.94. The third-order valence-corrected chi connectivity index (χ3v) is 3.16. The van der Waals surface area contributed by atoms with Crippen LogP contribution in [0.2, 0.25) is 0 Å². The van der Waals surface area contributed by atoms with Crippen LogP contribution in [0.15, 0.2) is 48.5 Å². The van der Waals surface area contributed by atoms with Crippen LogP contribution in [-0.4, -0.2) is 10.9 Å². The maximum absolute atomic E-state index is 12.8. The predicted octanol–water partition coefficient (Wildman–Crippen LogP) is 3.51. The van der Waals surface area contributed by atoms with Gasteiger partial charge in [0.15, 0.2) is 10.9 Å². The van der Waals surface area contributed by atoms with E-state index in [0.29, 0.717) is 17.2 Å². The highest BCUT2D eigenvalue weighted by molar-refractivity contribution is 7.80. The summed E-state index contributed by atoms with van der Waals surface area (Å²) in [7, 11) is 0. The molecule has 0 spiro atoms. The first-order valence-electron chi connectivity index (χ1n) is 6.45. The summed E-state index contributed by atoms with van der Waals surface area (Å²) >= 11 is 5.18. The van der Waals surface area contributed by atoms with Crippen molar-refractivity contribution in [2.24, 2.45) is 0 Å². The van der Waals surface area contributed by atoms with E-state index in [4.69, 9.17) is 12.2 Å². The Kier molecular flexibility index (Phi) is 5.00. The number of Topliss-reactive ketones (excluding diaryl/α,β-unsaturated/α-hetero) is 1. The van der Waals surface area contributed by atoms with Crippen LogP contribution >= 0.6 is 12.2 Å². The van der Waals surface area contributed by atoms with Gasteiger partial charge in [-0.3, -0.25) is 4.79 Å². The molecule has 0 atom stereocenters. The first-order valence-corrected chi connectivity index (χ1v) is 6.86. The van der Waals surface area contributed by atoms with Gasteiger partial charge in [-0.1, -0.05) is 12.1 Å². The lowest BCUT2D eigenvalue weighted by Crippen LogP contribution is -2.27. The van der Waals surface area contributed by atoms with E-state index in [9.17, 15) is 9.18 Å². The summed E-state index contributed by atoms with van der Waals surface area (Å²) in [4.78, 5) is 11.2. The Bertz CT molecular complexity index is 638. The standard InChI is InChI=1S/C16H15FN2OS/c1-11(20)13-4-8-15(9-5-13)19-16(21)18-10-12-2-6-14(17)7-3-12/h2-9H,10H2,1H3,(H2,18,19,21). The number of nitrogens with one attached hydrogen (secondary N) is 2. The first-order chi connectivity index (χ1) is 10.0. The van der Waals surface area contributed by atoms with Gasteiger partial charge in [0.25, 0.3) is 0 Å². The molecule has 0 aliphatic carbocycles. The van der Waals surface area contributed by atoms with Crippen LogP contribution in [0, 0.1) is 5.82 Å². The van der Waals surface area contributed by atoms with E-state index in [2.05, 4.69) is 10.6 Å². The molecule has 108 valence electrons. The number of rotatable bonds is 4. The molecule has 2 N–H and O–H groups in total. The van der Waals surface area contributed by atoms with Gasteiger partial charge in [0.2, 0.25) is 0 Å². The summed E-state index contributed by atoms with van der Waals surface area (Å²) in [6, 6.07) is 13.3. The van der Waals surface area contributed by atoms with Crippen LogP contribution in [0.1, 0.15) is 22.8 Å². The average Bonchev–Trinajstić information content (AvgIpc) is 2.47. The molecule has 0 unspecified atom stereocenters. The molecule has 21 heavy (non-hydrogen) atoms. The number of benzene rings is 2. The molecular weight excluding hydrogens is 287 g/mol. The van der Waals surface area contributed by atoms with Crippen molar-refractivity contribution >= 4 is 28.8 Å². The number of anilines is 1. The molecule has 0 amide bonds. The van der Waals surface area contributed by atoms with Gasteiger partial charge in [0, 0.05) is 17.8 Å². The molecular formula is C16H15FN2OS. The number of ketones is 1. The third-order valence-electron chi connectivity index (χ3n) is 2.92. The Morgan fingerprint density at radius 1 is 1.10 bits per heavy atom. The highest BCUT2D eigenvalue weighted by Crippen LogP contribution is 2.10. The number of halogens is 1. The van der Waals surface area contributed by atoms with E-state index in [1.807, 2.05) is 0 Å². The van der Waals surface area contributed by atoms with Crippen LogP contribution in [0.4, 0.5) is 10.1 Å². The summed E-state index contributed by atoms with van der Waals surface area (Å²) in [6.45, 7) is 2.04. The van der Waals surface area contributed by atoms with Crippen LogP contribution in [0.3, 0.4) is 0 Å². The van der Waals surface area contributed by atoms with Gasteiger partial charge < -0.3 is 10.6 Å². The topological polar surface area (TPSA) is 41.1 Å². The lowest BCUT2D eigenvalue weighted by atomic mass is 10.1. The summed E-state index contributed by atoms with van der Waals surface area (Å²) in [6.07, 6.45) is 0. The zero-order valence-corrected chi connectivity index (χ0v) is 12.3. The Hall–Kier alpha value is -2.27. The number of carbonyl (C=O) groups is 1. The molecule has 0 saturated heterocycles. The van der Waals surface area contributed by atoms with Crippen molar-refractivity contribution in [3.63, 3.8) is 0 Å². The minimum atomic E-state index is -0.259. The van der Waals surface area contributed by atoms with Crippen molar-refractivity contribution in [1.82, 2.24) is 5.32 Å². The molecule has 0 aliphatic heterocycles. The van der Waals surface area contributed by atoms with Gasteiger partial charge in [0.1, 0.15) is 5.82 Å². The number of hydrogen-bond acceptors (Lipinski definition) is 2. The SMILES string of the molecule is CC(=O)c1ccc(NC(=S)NCc2ccc(F)cc2)cc1. The second kappa shape index (κ2) is 6.95. The molecule has 3 nitrogen and oxygen atoms in total. The van der Waals surface area contributed by atoms with Gasteiger partial charge >= 0.3 is 0 Å². The van der Waals surface area contributed by atoms with Gasteiger partial charge in [0.05, 0.1) is 0 Å². The largest absolute Gasteiger partial charge is 0.358 e. The minimum Gasteiger partial charge on any atom is -0.358 e. The monoisotopic (exact) mass is 302 g/mol. The first kappa shape index (κ1) is 15.1. The van der Waals surface area contributed by atoms with E-state index in [-0.39, 0.29) is 11.6 Å². The molecule has 0 aromatic heterocycles. The van der Waals surface area contributed by atoms with E-state index in [0.717, 1.165) is 11.3 Å². The van der Waals surface area contributed by atoms with Gasteiger partial charge in [-0.05, 0) is 61.1 Å². The number of carbonyl (C=O) groups excluding carboxylic acids is 1. The van der Waals surface area contributed by atoms with Gasteiger partial charge in [-0.25, -0.2) is 4.39 Å². The van der Waals surface area contributed by atoms with Crippen molar-refractivity contribution < 1.29 is 9.18 Å². The van der Waals surface area contributed by atoms with Crippen molar-refractivity contribution in [3.05, 3.63) is 65.5 Å². The normalized spacial score (nSPS) is 10.0. The average molecular weight is 302 g/mol. The zero-order chi connectivity index (χ0) is 15.2. The zero-order valence-electron chi connectivity index (χ0n) is 11.5. The van der Waals surface area contributed by atoms with Gasteiger partial charge in [-0.2, -0.15) is 0 Å². The van der Waals surface area contributed by atoms with E-state index < -0.39 is 0 Å². The molecule has 5 heteroatoms. The van der Waals surface area contributed by atoms with Crippen LogP contribution in [-0.2, 0) is 6.54 Å². The Balaban J connectivity index is 1.86. The fraction of sp³-hybridized carbons (Fsp3) is 0.125. The molecule has 2 aromatic rings. The molecule has 2 rings (SSSR count). The molecule has 2 aromatic carbocycles. The summed E-state index contributed by atoms with van der Waals surface area (Å²) in [5.74, 6) is -0.233. The Morgan fingerprint density at radius 3 is 2.29 bits per heavy atom. The maximum atomic E-state index is 12.8. The second-order valence-corrected chi connectivity index (χ2v) is 4.98. The molecule has 0 radical (unpaired) electrons. The van der Waals surface area contributed by atoms with Crippen LogP contribution < -0.4 is 10.6 Å². The molecule has 0 fully saturated rings. The predicted molar refractivity (Wildman–Crippen MR) is 85.9 cm³/mol.